The molecule has 0 aromatic heterocycles. The monoisotopic (exact) mass is 717 g/mol. The zero-order chi connectivity index (χ0) is 37.9. The van der Waals surface area contributed by atoms with Crippen LogP contribution in [0.5, 0.6) is 5.75 Å². The van der Waals surface area contributed by atoms with Crippen molar-refractivity contribution in [3.63, 3.8) is 0 Å². The molecule has 2 unspecified atom stereocenters. The summed E-state index contributed by atoms with van der Waals surface area (Å²) in [5.41, 5.74) is 5.37. The van der Waals surface area contributed by atoms with Crippen LogP contribution in [-0.2, 0) is 11.2 Å². The molecule has 9 heteroatoms. The van der Waals surface area contributed by atoms with E-state index in [4.69, 9.17) is 15.3 Å². The van der Waals surface area contributed by atoms with Gasteiger partial charge < -0.3 is 20.6 Å². The SMILES string of the molecule is CCCCC(C)=N.CCCCNC(=O)CN1CC(c2ccc(OCCCC)c(C)c2)CC1CC.CCCc1ccc(F)c(C)c1.CSC(=O)O. The lowest BCUT2D eigenvalue weighted by Gasteiger charge is -2.22. The Balaban J connectivity index is 0.000000847. The molecule has 0 radical (unpaired) electrons. The third-order valence-electron chi connectivity index (χ3n) is 8.47. The van der Waals surface area contributed by atoms with E-state index >= 15 is 0 Å². The predicted octanol–water partition coefficient (Wildman–Crippen LogP) is 11.0. The minimum Gasteiger partial charge on any atom is -0.493 e. The number of carbonyl (C=O) groups excluding carboxylic acids is 1. The van der Waals surface area contributed by atoms with Gasteiger partial charge in [-0.2, -0.15) is 0 Å². The van der Waals surface area contributed by atoms with Gasteiger partial charge in [0.05, 0.1) is 13.2 Å². The Morgan fingerprint density at radius 1 is 0.980 bits per heavy atom. The summed E-state index contributed by atoms with van der Waals surface area (Å²) in [7, 11) is 0. The highest BCUT2D eigenvalue weighted by Crippen LogP contribution is 2.34. The van der Waals surface area contributed by atoms with Crippen molar-refractivity contribution in [2.75, 3.05) is 32.5 Å². The molecule has 1 heterocycles. The molecule has 0 saturated carbocycles. The Labute approximate surface area is 308 Å². The van der Waals surface area contributed by atoms with E-state index in [9.17, 15) is 14.0 Å². The normalized spacial score (nSPS) is 15.0. The molecule has 7 nitrogen and oxygen atoms in total. The van der Waals surface area contributed by atoms with E-state index in [1.165, 1.54) is 35.8 Å². The second kappa shape index (κ2) is 28.8. The van der Waals surface area contributed by atoms with Crippen LogP contribution in [0.4, 0.5) is 9.18 Å². The van der Waals surface area contributed by atoms with Crippen molar-refractivity contribution in [2.45, 2.75) is 138 Å². The van der Waals surface area contributed by atoms with Gasteiger partial charge in [0.15, 0.2) is 0 Å². The third kappa shape index (κ3) is 21.3. The van der Waals surface area contributed by atoms with Gasteiger partial charge in [0.1, 0.15) is 11.6 Å². The topological polar surface area (TPSA) is 103 Å². The number of unbranched alkanes of at least 4 members (excludes halogenated alkanes) is 3. The molecule has 284 valence electrons. The molecule has 0 bridgehead atoms. The van der Waals surface area contributed by atoms with Crippen LogP contribution in [0.25, 0.3) is 0 Å². The highest BCUT2D eigenvalue weighted by molar-refractivity contribution is 8.12. The van der Waals surface area contributed by atoms with E-state index in [-0.39, 0.29) is 11.7 Å². The van der Waals surface area contributed by atoms with Crippen molar-refractivity contribution in [3.05, 3.63) is 64.5 Å². The number of aryl methyl sites for hydroxylation is 3. The van der Waals surface area contributed by atoms with E-state index in [0.29, 0.717) is 18.5 Å². The molecule has 3 rings (SSSR count). The molecule has 0 spiro atoms. The van der Waals surface area contributed by atoms with Gasteiger partial charge in [-0.25, -0.2) is 9.18 Å². The molecule has 2 aromatic rings. The van der Waals surface area contributed by atoms with Crippen LogP contribution in [0.3, 0.4) is 0 Å². The molecule has 2 atom stereocenters. The number of ether oxygens (including phenoxy) is 1. The number of thioether (sulfide) groups is 1. The van der Waals surface area contributed by atoms with Gasteiger partial charge in [-0.15, -0.1) is 0 Å². The van der Waals surface area contributed by atoms with Crippen LogP contribution in [0, 0.1) is 25.1 Å². The number of nitrogens with one attached hydrogen (secondary N) is 2. The summed E-state index contributed by atoms with van der Waals surface area (Å²) >= 11 is 0.796. The number of nitrogens with zero attached hydrogens (tertiary/aromatic N) is 1. The van der Waals surface area contributed by atoms with Gasteiger partial charge in [-0.1, -0.05) is 84.6 Å². The van der Waals surface area contributed by atoms with Gasteiger partial charge in [-0.05, 0) is 124 Å². The van der Waals surface area contributed by atoms with Crippen LogP contribution in [0.1, 0.15) is 134 Å². The number of hydrogen-bond donors (Lipinski definition) is 3. The summed E-state index contributed by atoms with van der Waals surface area (Å²) in [4.78, 5) is 23.9. The fraction of sp³-hybridized carbons (Fsp3) is 0.634. The summed E-state index contributed by atoms with van der Waals surface area (Å²) < 4.78 is 18.6. The minimum atomic E-state index is -0.829. The number of carboxylic acid groups (broad SMARTS) is 1. The second-order valence-corrected chi connectivity index (χ2v) is 13.8. The Morgan fingerprint density at radius 2 is 1.64 bits per heavy atom. The van der Waals surface area contributed by atoms with Gasteiger partial charge in [0.25, 0.3) is 0 Å². The van der Waals surface area contributed by atoms with Crippen LogP contribution in [0.2, 0.25) is 0 Å². The van der Waals surface area contributed by atoms with E-state index in [1.54, 1.807) is 13.0 Å². The predicted molar refractivity (Wildman–Crippen MR) is 212 cm³/mol. The van der Waals surface area contributed by atoms with E-state index in [0.717, 1.165) is 106 Å². The first kappa shape index (κ1) is 47.1. The maximum Gasteiger partial charge on any atom is 0.364 e. The number of halogens is 1. The number of amides is 1. The summed E-state index contributed by atoms with van der Waals surface area (Å²) in [6.07, 6.45) is 13.7. The van der Waals surface area contributed by atoms with Crippen LogP contribution < -0.4 is 10.1 Å². The standard InChI is InChI=1S/C23H38N2O2.C10H13F.C6H13N.C2H4O2S/c1-5-8-12-24-23(26)17-25-16-20(15-21(25)7-3)19-10-11-22(18(4)14-19)27-13-9-6-2;1-3-4-9-5-6-10(11)8(2)7-9;1-3-4-5-6(2)7;1-5-2(3)4/h10-11,14,20-21H,5-9,12-13,15-17H2,1-4H3,(H,24,26);5-7H,3-4H2,1-2H3;7H,3-5H2,1-2H3;1H3,(H,3,4). The van der Waals surface area contributed by atoms with Gasteiger partial charge in [-0.3, -0.25) is 9.69 Å². The van der Waals surface area contributed by atoms with E-state index < -0.39 is 5.30 Å². The number of rotatable bonds is 16. The molecule has 1 amide bonds. The molecular weight excluding hydrogens is 650 g/mol. The molecule has 1 saturated heterocycles. The maximum atomic E-state index is 12.7. The maximum absolute atomic E-state index is 12.7. The average molecular weight is 718 g/mol. The summed E-state index contributed by atoms with van der Waals surface area (Å²) in [5, 5.41) is 16.9. The molecule has 50 heavy (non-hydrogen) atoms. The van der Waals surface area contributed by atoms with Crippen molar-refractivity contribution in [1.29, 1.82) is 5.41 Å². The molecule has 2 aromatic carbocycles. The quantitative estimate of drug-likeness (QED) is 0.118. The van der Waals surface area contributed by atoms with Crippen LogP contribution in [0.15, 0.2) is 36.4 Å². The molecule has 1 aliphatic rings. The smallest absolute Gasteiger partial charge is 0.364 e. The molecule has 0 aliphatic carbocycles. The van der Waals surface area contributed by atoms with Crippen molar-refractivity contribution in [3.8, 4) is 5.75 Å². The molecular formula is C41H68FN3O4S. The highest BCUT2D eigenvalue weighted by Gasteiger charge is 2.33. The largest absolute Gasteiger partial charge is 0.493 e. The van der Waals surface area contributed by atoms with Crippen molar-refractivity contribution < 1.29 is 23.8 Å². The lowest BCUT2D eigenvalue weighted by Crippen LogP contribution is -2.40. The number of carbonyl (C=O) groups is 2. The summed E-state index contributed by atoms with van der Waals surface area (Å²) in [5.74, 6) is 1.56. The van der Waals surface area contributed by atoms with Crippen molar-refractivity contribution in [2.24, 2.45) is 0 Å². The van der Waals surface area contributed by atoms with Gasteiger partial charge in [0, 0.05) is 24.8 Å². The molecule has 1 fully saturated rings. The lowest BCUT2D eigenvalue weighted by atomic mass is 9.94. The van der Waals surface area contributed by atoms with Crippen LogP contribution in [-0.4, -0.2) is 65.5 Å². The molecule has 1 aliphatic heterocycles. The Bertz CT molecular complexity index is 1240. The Kier molecular flexibility index (Phi) is 27.1. The second-order valence-electron chi connectivity index (χ2n) is 13.0. The number of hydrogen-bond acceptors (Lipinski definition) is 6. The van der Waals surface area contributed by atoms with Gasteiger partial charge >= 0.3 is 5.30 Å². The Hall–Kier alpha value is -2.91. The fourth-order valence-electron chi connectivity index (χ4n) is 5.50. The Morgan fingerprint density at radius 3 is 2.14 bits per heavy atom. The zero-order valence-corrected chi connectivity index (χ0v) is 33.4. The summed E-state index contributed by atoms with van der Waals surface area (Å²) in [6, 6.07) is 12.4. The minimum absolute atomic E-state index is 0.107. The first-order chi connectivity index (χ1) is 23.9. The van der Waals surface area contributed by atoms with Crippen LogP contribution >= 0.6 is 11.8 Å². The fourth-order valence-corrected chi connectivity index (χ4v) is 5.50. The lowest BCUT2D eigenvalue weighted by molar-refractivity contribution is -0.122. The van der Waals surface area contributed by atoms with Gasteiger partial charge in [0.2, 0.25) is 5.91 Å². The number of benzene rings is 2. The first-order valence-electron chi connectivity index (χ1n) is 18.7. The van der Waals surface area contributed by atoms with E-state index in [1.807, 2.05) is 19.1 Å². The zero-order valence-electron chi connectivity index (χ0n) is 32.6. The first-order valence-corrected chi connectivity index (χ1v) is 19.9. The number of likely N-dealkylation sites (tertiary alicyclic amines) is 1. The highest BCUT2D eigenvalue weighted by atomic mass is 32.2. The van der Waals surface area contributed by atoms with E-state index in [2.05, 4.69) is 70.0 Å². The van der Waals surface area contributed by atoms with Crippen molar-refractivity contribution >= 4 is 28.7 Å². The summed E-state index contributed by atoms with van der Waals surface area (Å²) in [6.45, 7) is 19.7. The third-order valence-corrected chi connectivity index (χ3v) is 8.81. The van der Waals surface area contributed by atoms with Crippen molar-refractivity contribution in [1.82, 2.24) is 10.2 Å². The molecule has 3 N–H and O–H groups in total. The average Bonchev–Trinajstić information content (AvgIpc) is 3.50.